The summed E-state index contributed by atoms with van der Waals surface area (Å²) in [6, 6.07) is 13.1. The molecule has 0 aliphatic carbocycles. The Labute approximate surface area is 131 Å². The quantitative estimate of drug-likeness (QED) is 0.915. The molecule has 4 heteroatoms. The number of amides is 1. The third kappa shape index (κ3) is 4.25. The van der Waals surface area contributed by atoms with Gasteiger partial charge in [-0.15, -0.1) is 0 Å². The molecule has 0 aliphatic rings. The van der Waals surface area contributed by atoms with E-state index in [9.17, 15) is 4.79 Å². The van der Waals surface area contributed by atoms with Crippen molar-refractivity contribution in [3.63, 3.8) is 0 Å². The van der Waals surface area contributed by atoms with Gasteiger partial charge < -0.3 is 14.8 Å². The van der Waals surface area contributed by atoms with Crippen LogP contribution in [0.4, 0.5) is 5.69 Å². The molecular formula is C18H21NO3. The number of carbonyl (C=O) groups is 1. The van der Waals surface area contributed by atoms with Crippen LogP contribution in [0.25, 0.3) is 0 Å². The molecule has 2 aromatic carbocycles. The Kier molecular flexibility index (Phi) is 5.04. The maximum absolute atomic E-state index is 12.2. The monoisotopic (exact) mass is 299 g/mol. The van der Waals surface area contributed by atoms with Crippen molar-refractivity contribution in [3.05, 3.63) is 53.6 Å². The number of hydrogen-bond donors (Lipinski definition) is 1. The average Bonchev–Trinajstić information content (AvgIpc) is 2.46. The van der Waals surface area contributed by atoms with E-state index in [1.165, 1.54) is 0 Å². The first-order chi connectivity index (χ1) is 10.5. The van der Waals surface area contributed by atoms with Crippen molar-refractivity contribution in [3.8, 4) is 11.5 Å². The summed E-state index contributed by atoms with van der Waals surface area (Å²) in [4.78, 5) is 12.2. The normalized spacial score (nSPS) is 11.6. The van der Waals surface area contributed by atoms with Crippen molar-refractivity contribution in [2.45, 2.75) is 26.9 Å². The van der Waals surface area contributed by atoms with E-state index >= 15 is 0 Å². The molecule has 1 amide bonds. The molecule has 0 radical (unpaired) electrons. The van der Waals surface area contributed by atoms with E-state index < -0.39 is 6.10 Å². The maximum Gasteiger partial charge on any atom is 0.265 e. The van der Waals surface area contributed by atoms with E-state index in [1.54, 1.807) is 38.3 Å². The van der Waals surface area contributed by atoms with Crippen LogP contribution in [0.15, 0.2) is 42.5 Å². The van der Waals surface area contributed by atoms with Gasteiger partial charge in [-0.1, -0.05) is 6.07 Å². The van der Waals surface area contributed by atoms with Gasteiger partial charge in [-0.05, 0) is 68.3 Å². The largest absolute Gasteiger partial charge is 0.497 e. The number of aryl methyl sites for hydroxylation is 2. The van der Waals surface area contributed by atoms with Crippen molar-refractivity contribution in [1.29, 1.82) is 0 Å². The highest BCUT2D eigenvalue weighted by atomic mass is 16.5. The first-order valence-electron chi connectivity index (χ1n) is 7.18. The predicted octanol–water partition coefficient (Wildman–Crippen LogP) is 3.72. The third-order valence-electron chi connectivity index (χ3n) is 3.23. The molecule has 0 saturated carbocycles. The van der Waals surface area contributed by atoms with Crippen molar-refractivity contribution < 1.29 is 14.3 Å². The average molecular weight is 299 g/mol. The van der Waals surface area contributed by atoms with E-state index in [1.807, 2.05) is 26.0 Å². The summed E-state index contributed by atoms with van der Waals surface area (Å²) >= 11 is 0. The Morgan fingerprint density at radius 2 is 1.59 bits per heavy atom. The highest BCUT2D eigenvalue weighted by Gasteiger charge is 2.15. The van der Waals surface area contributed by atoms with Crippen molar-refractivity contribution in [2.75, 3.05) is 12.4 Å². The van der Waals surface area contributed by atoms with Gasteiger partial charge in [0.1, 0.15) is 11.5 Å². The molecule has 1 atom stereocenters. The van der Waals surface area contributed by atoms with Gasteiger partial charge in [0.15, 0.2) is 6.10 Å². The molecule has 0 aromatic heterocycles. The maximum atomic E-state index is 12.2. The zero-order chi connectivity index (χ0) is 16.1. The fourth-order valence-corrected chi connectivity index (χ4v) is 2.18. The number of benzene rings is 2. The first-order valence-corrected chi connectivity index (χ1v) is 7.18. The molecule has 0 saturated heterocycles. The Balaban J connectivity index is 1.99. The second-order valence-electron chi connectivity index (χ2n) is 5.30. The van der Waals surface area contributed by atoms with E-state index in [-0.39, 0.29) is 5.91 Å². The lowest BCUT2D eigenvalue weighted by molar-refractivity contribution is -0.122. The van der Waals surface area contributed by atoms with E-state index in [2.05, 4.69) is 11.4 Å². The molecule has 0 heterocycles. The molecule has 4 nitrogen and oxygen atoms in total. The Bertz CT molecular complexity index is 630. The summed E-state index contributed by atoms with van der Waals surface area (Å²) in [7, 11) is 1.60. The van der Waals surface area contributed by atoms with Crippen LogP contribution < -0.4 is 14.8 Å². The molecule has 22 heavy (non-hydrogen) atoms. The van der Waals surface area contributed by atoms with Crippen LogP contribution in [0.5, 0.6) is 11.5 Å². The number of methoxy groups -OCH3 is 1. The van der Waals surface area contributed by atoms with E-state index in [0.29, 0.717) is 11.4 Å². The van der Waals surface area contributed by atoms with Gasteiger partial charge in [0.2, 0.25) is 0 Å². The molecule has 0 spiro atoms. The lowest BCUT2D eigenvalue weighted by atomic mass is 10.1. The minimum atomic E-state index is -0.580. The van der Waals surface area contributed by atoms with Gasteiger partial charge in [-0.3, -0.25) is 4.79 Å². The predicted molar refractivity (Wildman–Crippen MR) is 87.6 cm³/mol. The van der Waals surface area contributed by atoms with Gasteiger partial charge >= 0.3 is 0 Å². The molecule has 116 valence electrons. The first kappa shape index (κ1) is 15.9. The van der Waals surface area contributed by atoms with Gasteiger partial charge in [0, 0.05) is 5.69 Å². The summed E-state index contributed by atoms with van der Waals surface area (Å²) < 4.78 is 10.8. The van der Waals surface area contributed by atoms with Gasteiger partial charge in [-0.25, -0.2) is 0 Å². The number of carbonyl (C=O) groups excluding carboxylic acids is 1. The Morgan fingerprint density at radius 3 is 2.14 bits per heavy atom. The smallest absolute Gasteiger partial charge is 0.265 e. The standard InChI is InChI=1S/C18H21NO3/c1-12-9-13(2)11-17(10-12)22-14(3)18(20)19-15-5-7-16(21-4)8-6-15/h5-11,14H,1-4H3,(H,19,20)/t14-/m0/s1. The van der Waals surface area contributed by atoms with Crippen molar-refractivity contribution in [2.24, 2.45) is 0 Å². The number of nitrogens with one attached hydrogen (secondary N) is 1. The fraction of sp³-hybridized carbons (Fsp3) is 0.278. The van der Waals surface area contributed by atoms with Crippen molar-refractivity contribution >= 4 is 11.6 Å². The molecular weight excluding hydrogens is 278 g/mol. The molecule has 0 unspecified atom stereocenters. The zero-order valence-electron chi connectivity index (χ0n) is 13.3. The van der Waals surface area contributed by atoms with Crippen LogP contribution in [0.1, 0.15) is 18.1 Å². The summed E-state index contributed by atoms with van der Waals surface area (Å²) in [6.45, 7) is 5.74. The Hall–Kier alpha value is -2.49. The van der Waals surface area contributed by atoms with E-state index in [4.69, 9.17) is 9.47 Å². The van der Waals surface area contributed by atoms with Crippen LogP contribution in [-0.4, -0.2) is 19.1 Å². The second kappa shape index (κ2) is 6.98. The molecule has 0 bridgehead atoms. The summed E-state index contributed by atoms with van der Waals surface area (Å²) in [5, 5.41) is 2.82. The van der Waals surface area contributed by atoms with Gasteiger partial charge in [0.25, 0.3) is 5.91 Å². The number of ether oxygens (including phenoxy) is 2. The third-order valence-corrected chi connectivity index (χ3v) is 3.23. The summed E-state index contributed by atoms with van der Waals surface area (Å²) in [5.41, 5.74) is 2.93. The fourth-order valence-electron chi connectivity index (χ4n) is 2.18. The second-order valence-corrected chi connectivity index (χ2v) is 5.30. The Morgan fingerprint density at radius 1 is 1.00 bits per heavy atom. The van der Waals surface area contributed by atoms with Crippen LogP contribution in [-0.2, 0) is 4.79 Å². The highest BCUT2D eigenvalue weighted by Crippen LogP contribution is 2.19. The number of anilines is 1. The lowest BCUT2D eigenvalue weighted by Crippen LogP contribution is -2.30. The van der Waals surface area contributed by atoms with Crippen LogP contribution in [0, 0.1) is 13.8 Å². The molecule has 2 aromatic rings. The van der Waals surface area contributed by atoms with Crippen LogP contribution in [0.2, 0.25) is 0 Å². The topological polar surface area (TPSA) is 47.6 Å². The van der Waals surface area contributed by atoms with Gasteiger partial charge in [0.05, 0.1) is 7.11 Å². The molecule has 1 N–H and O–H groups in total. The lowest BCUT2D eigenvalue weighted by Gasteiger charge is -2.15. The molecule has 0 aliphatic heterocycles. The minimum Gasteiger partial charge on any atom is -0.497 e. The summed E-state index contributed by atoms with van der Waals surface area (Å²) in [5.74, 6) is 1.26. The highest BCUT2D eigenvalue weighted by molar-refractivity contribution is 5.94. The minimum absolute atomic E-state index is 0.190. The molecule has 2 rings (SSSR count). The number of hydrogen-bond acceptors (Lipinski definition) is 3. The van der Waals surface area contributed by atoms with E-state index in [0.717, 1.165) is 16.9 Å². The SMILES string of the molecule is COc1ccc(NC(=O)[C@H](C)Oc2cc(C)cc(C)c2)cc1. The summed E-state index contributed by atoms with van der Waals surface area (Å²) in [6.07, 6.45) is -0.580. The van der Waals surface area contributed by atoms with Crippen LogP contribution in [0.3, 0.4) is 0 Å². The zero-order valence-corrected chi connectivity index (χ0v) is 13.3. The number of rotatable bonds is 5. The van der Waals surface area contributed by atoms with Crippen LogP contribution >= 0.6 is 0 Å². The molecule has 0 fully saturated rings. The van der Waals surface area contributed by atoms with Crippen molar-refractivity contribution in [1.82, 2.24) is 0 Å². The van der Waals surface area contributed by atoms with Gasteiger partial charge in [-0.2, -0.15) is 0 Å².